The first-order valence-electron chi connectivity index (χ1n) is 7.36. The summed E-state index contributed by atoms with van der Waals surface area (Å²) in [6.07, 6.45) is 5.68. The Bertz CT molecular complexity index is 200. The molecule has 0 radical (unpaired) electrons. The molecule has 4 heteroatoms. The zero-order valence-corrected chi connectivity index (χ0v) is 12.2. The molecule has 0 spiro atoms. The Morgan fingerprint density at radius 1 is 1.11 bits per heavy atom. The lowest BCUT2D eigenvalue weighted by Gasteiger charge is -2.34. The lowest BCUT2D eigenvalue weighted by Crippen LogP contribution is -2.40. The summed E-state index contributed by atoms with van der Waals surface area (Å²) in [5, 5.41) is 0. The first-order chi connectivity index (χ1) is 8.67. The molecule has 0 aromatic rings. The van der Waals surface area contributed by atoms with Crippen LogP contribution in [0, 0.1) is 0 Å². The van der Waals surface area contributed by atoms with Crippen LogP contribution in [0.25, 0.3) is 0 Å². The van der Waals surface area contributed by atoms with Crippen molar-refractivity contribution >= 4 is 0 Å². The topological polar surface area (TPSA) is 47.7 Å². The van der Waals surface area contributed by atoms with Gasteiger partial charge in [0.05, 0.1) is 0 Å². The van der Waals surface area contributed by atoms with E-state index in [-0.39, 0.29) is 6.29 Å². The minimum absolute atomic E-state index is 0.0479. The standard InChI is InChI=1S/C14H30N2O2/c1-4-17-14(18-5-2)10-11-16(3)13-8-6-12(15)7-9-13/h12-14H,4-11,15H2,1-3H3. The summed E-state index contributed by atoms with van der Waals surface area (Å²) in [7, 11) is 2.20. The molecule has 0 aromatic heterocycles. The van der Waals surface area contributed by atoms with Crippen molar-refractivity contribution < 1.29 is 9.47 Å². The van der Waals surface area contributed by atoms with Gasteiger partial charge >= 0.3 is 0 Å². The maximum Gasteiger partial charge on any atom is 0.158 e. The zero-order chi connectivity index (χ0) is 13.4. The molecule has 1 fully saturated rings. The highest BCUT2D eigenvalue weighted by molar-refractivity contribution is 4.79. The fourth-order valence-electron chi connectivity index (χ4n) is 2.62. The smallest absolute Gasteiger partial charge is 0.158 e. The summed E-state index contributed by atoms with van der Waals surface area (Å²) in [6, 6.07) is 1.11. The van der Waals surface area contributed by atoms with Crippen molar-refractivity contribution in [3.8, 4) is 0 Å². The highest BCUT2D eigenvalue weighted by Crippen LogP contribution is 2.21. The third-order valence-electron chi connectivity index (χ3n) is 3.79. The molecular weight excluding hydrogens is 228 g/mol. The van der Waals surface area contributed by atoms with Crippen molar-refractivity contribution in [3.63, 3.8) is 0 Å². The SMILES string of the molecule is CCOC(CCN(C)C1CCC(N)CC1)OCC. The van der Waals surface area contributed by atoms with Crippen LogP contribution in [0.4, 0.5) is 0 Å². The van der Waals surface area contributed by atoms with E-state index in [1.807, 2.05) is 13.8 Å². The van der Waals surface area contributed by atoms with Crippen LogP contribution in [0.1, 0.15) is 46.0 Å². The van der Waals surface area contributed by atoms with Gasteiger partial charge < -0.3 is 20.1 Å². The molecule has 0 aromatic carbocycles. The van der Waals surface area contributed by atoms with Gasteiger partial charge in [-0.1, -0.05) is 0 Å². The van der Waals surface area contributed by atoms with E-state index in [1.165, 1.54) is 12.8 Å². The molecule has 0 unspecified atom stereocenters. The average molecular weight is 258 g/mol. The second-order valence-corrected chi connectivity index (χ2v) is 5.18. The maximum absolute atomic E-state index is 5.94. The van der Waals surface area contributed by atoms with Gasteiger partial charge in [-0.05, 0) is 46.6 Å². The summed E-state index contributed by atoms with van der Waals surface area (Å²) in [5.41, 5.74) is 5.94. The molecule has 108 valence electrons. The molecule has 2 N–H and O–H groups in total. The molecule has 0 atom stereocenters. The van der Waals surface area contributed by atoms with Crippen LogP contribution >= 0.6 is 0 Å². The van der Waals surface area contributed by atoms with Crippen LogP contribution in [-0.4, -0.2) is 50.1 Å². The van der Waals surface area contributed by atoms with E-state index in [4.69, 9.17) is 15.2 Å². The van der Waals surface area contributed by atoms with Gasteiger partial charge in [0.2, 0.25) is 0 Å². The van der Waals surface area contributed by atoms with Crippen molar-refractivity contribution in [1.29, 1.82) is 0 Å². The van der Waals surface area contributed by atoms with Gasteiger partial charge in [0.15, 0.2) is 6.29 Å². The summed E-state index contributed by atoms with van der Waals surface area (Å²) < 4.78 is 11.1. The Morgan fingerprint density at radius 2 is 1.67 bits per heavy atom. The van der Waals surface area contributed by atoms with Gasteiger partial charge in [-0.15, -0.1) is 0 Å². The minimum atomic E-state index is -0.0479. The largest absolute Gasteiger partial charge is 0.353 e. The van der Waals surface area contributed by atoms with Gasteiger partial charge in [-0.3, -0.25) is 0 Å². The number of rotatable bonds is 8. The summed E-state index contributed by atoms with van der Waals surface area (Å²) in [5.74, 6) is 0. The van der Waals surface area contributed by atoms with Crippen molar-refractivity contribution in [2.24, 2.45) is 5.73 Å². The lowest BCUT2D eigenvalue weighted by molar-refractivity contribution is -0.142. The van der Waals surface area contributed by atoms with Crippen molar-refractivity contribution in [3.05, 3.63) is 0 Å². The number of ether oxygens (including phenoxy) is 2. The summed E-state index contributed by atoms with van der Waals surface area (Å²) >= 11 is 0. The maximum atomic E-state index is 5.94. The Hall–Kier alpha value is -0.160. The minimum Gasteiger partial charge on any atom is -0.353 e. The highest BCUT2D eigenvalue weighted by atomic mass is 16.7. The highest BCUT2D eigenvalue weighted by Gasteiger charge is 2.22. The Kier molecular flexibility index (Phi) is 7.82. The van der Waals surface area contributed by atoms with E-state index < -0.39 is 0 Å². The molecule has 4 nitrogen and oxygen atoms in total. The van der Waals surface area contributed by atoms with Gasteiger partial charge in [0.25, 0.3) is 0 Å². The van der Waals surface area contributed by atoms with Gasteiger partial charge in [0, 0.05) is 38.3 Å². The van der Waals surface area contributed by atoms with E-state index in [1.54, 1.807) is 0 Å². The van der Waals surface area contributed by atoms with Crippen LogP contribution in [0.15, 0.2) is 0 Å². The predicted octanol–water partition coefficient (Wildman–Crippen LogP) is 1.98. The molecule has 0 heterocycles. The number of nitrogens with zero attached hydrogens (tertiary/aromatic N) is 1. The van der Waals surface area contributed by atoms with E-state index in [9.17, 15) is 0 Å². The molecule has 18 heavy (non-hydrogen) atoms. The fraction of sp³-hybridized carbons (Fsp3) is 1.00. The lowest BCUT2D eigenvalue weighted by atomic mass is 9.91. The first kappa shape index (κ1) is 15.9. The van der Waals surface area contributed by atoms with Crippen LogP contribution < -0.4 is 5.73 Å². The van der Waals surface area contributed by atoms with E-state index in [0.717, 1.165) is 25.8 Å². The Balaban J connectivity index is 2.23. The van der Waals surface area contributed by atoms with Crippen LogP contribution in [-0.2, 0) is 9.47 Å². The van der Waals surface area contributed by atoms with Crippen LogP contribution in [0.3, 0.4) is 0 Å². The second-order valence-electron chi connectivity index (χ2n) is 5.18. The van der Waals surface area contributed by atoms with Crippen molar-refractivity contribution in [1.82, 2.24) is 4.90 Å². The molecule has 0 saturated heterocycles. The van der Waals surface area contributed by atoms with E-state index in [0.29, 0.717) is 25.3 Å². The van der Waals surface area contributed by atoms with Crippen LogP contribution in [0.5, 0.6) is 0 Å². The average Bonchev–Trinajstić information content (AvgIpc) is 2.37. The van der Waals surface area contributed by atoms with E-state index >= 15 is 0 Å². The molecule has 0 amide bonds. The third kappa shape index (κ3) is 5.65. The van der Waals surface area contributed by atoms with Gasteiger partial charge in [0.1, 0.15) is 0 Å². The quantitative estimate of drug-likeness (QED) is 0.676. The van der Waals surface area contributed by atoms with Crippen molar-refractivity contribution in [2.45, 2.75) is 64.3 Å². The number of hydrogen-bond acceptors (Lipinski definition) is 4. The first-order valence-corrected chi connectivity index (χ1v) is 7.36. The molecule has 1 aliphatic carbocycles. The number of hydrogen-bond donors (Lipinski definition) is 1. The summed E-state index contributed by atoms with van der Waals surface area (Å²) in [6.45, 7) is 6.49. The molecule has 1 aliphatic rings. The monoisotopic (exact) mass is 258 g/mol. The molecule has 0 aliphatic heterocycles. The Labute approximate surface area is 112 Å². The number of nitrogens with two attached hydrogens (primary N) is 1. The van der Waals surface area contributed by atoms with Crippen molar-refractivity contribution in [2.75, 3.05) is 26.8 Å². The zero-order valence-electron chi connectivity index (χ0n) is 12.2. The molecule has 0 bridgehead atoms. The third-order valence-corrected chi connectivity index (χ3v) is 3.79. The Morgan fingerprint density at radius 3 is 2.17 bits per heavy atom. The van der Waals surface area contributed by atoms with Gasteiger partial charge in [-0.2, -0.15) is 0 Å². The van der Waals surface area contributed by atoms with Gasteiger partial charge in [-0.25, -0.2) is 0 Å². The fourth-order valence-corrected chi connectivity index (χ4v) is 2.62. The summed E-state index contributed by atoms with van der Waals surface area (Å²) in [4.78, 5) is 2.44. The normalized spacial score (nSPS) is 25.0. The van der Waals surface area contributed by atoms with Crippen LogP contribution in [0.2, 0.25) is 0 Å². The predicted molar refractivity (Wildman–Crippen MR) is 74.5 cm³/mol. The molecule has 1 saturated carbocycles. The molecule has 1 rings (SSSR count). The second kappa shape index (κ2) is 8.86. The van der Waals surface area contributed by atoms with E-state index in [2.05, 4.69) is 11.9 Å². The molecular formula is C14H30N2O2.